The second-order valence-corrected chi connectivity index (χ2v) is 3.06. The first-order valence-corrected chi connectivity index (χ1v) is 4.25. The van der Waals surface area contributed by atoms with Crippen LogP contribution in [0.3, 0.4) is 0 Å². The van der Waals surface area contributed by atoms with Gasteiger partial charge in [-0.15, -0.1) is 0 Å². The number of halogens is 2. The highest BCUT2D eigenvalue weighted by atomic mass is 19.3. The highest BCUT2D eigenvalue weighted by molar-refractivity contribution is 5.79. The number of alkyl halides is 2. The van der Waals surface area contributed by atoms with E-state index in [1.54, 1.807) is 0 Å². The number of rotatable bonds is 4. The number of hydrogen-bond donors (Lipinski definition) is 0. The van der Waals surface area contributed by atoms with Gasteiger partial charge in [-0.3, -0.25) is 4.79 Å². The summed E-state index contributed by atoms with van der Waals surface area (Å²) in [7, 11) is 0. The van der Waals surface area contributed by atoms with Gasteiger partial charge in [-0.05, 0) is 19.3 Å². The van der Waals surface area contributed by atoms with Gasteiger partial charge in [0.15, 0.2) is 0 Å². The van der Waals surface area contributed by atoms with Crippen LogP contribution >= 0.6 is 0 Å². The highest BCUT2D eigenvalue weighted by Gasteiger charge is 2.35. The van der Waals surface area contributed by atoms with E-state index in [2.05, 4.69) is 0 Å². The van der Waals surface area contributed by atoms with Gasteiger partial charge in [-0.1, -0.05) is 6.92 Å². The lowest BCUT2D eigenvalue weighted by atomic mass is 10.4. The average molecular weight is 177 g/mol. The van der Waals surface area contributed by atoms with Gasteiger partial charge in [-0.25, -0.2) is 0 Å². The van der Waals surface area contributed by atoms with Crippen LogP contribution in [-0.2, 0) is 4.79 Å². The Bertz CT molecular complexity index is 168. The zero-order valence-corrected chi connectivity index (χ0v) is 7.09. The maximum absolute atomic E-state index is 12.0. The Morgan fingerprint density at radius 2 is 2.17 bits per heavy atom. The lowest BCUT2D eigenvalue weighted by molar-refractivity contribution is -0.143. The molecule has 1 fully saturated rings. The Morgan fingerprint density at radius 3 is 2.50 bits per heavy atom. The van der Waals surface area contributed by atoms with E-state index in [0.29, 0.717) is 6.54 Å². The summed E-state index contributed by atoms with van der Waals surface area (Å²) in [5.41, 5.74) is 0. The maximum Gasteiger partial charge on any atom is 0.315 e. The molecule has 0 atom stereocenters. The number of hydrogen-bond acceptors (Lipinski definition) is 1. The van der Waals surface area contributed by atoms with Crippen molar-refractivity contribution in [3.8, 4) is 0 Å². The van der Waals surface area contributed by atoms with Crippen LogP contribution in [0.2, 0.25) is 0 Å². The van der Waals surface area contributed by atoms with Crippen molar-refractivity contribution in [1.82, 2.24) is 4.90 Å². The fourth-order valence-corrected chi connectivity index (χ4v) is 1.23. The fourth-order valence-electron chi connectivity index (χ4n) is 1.23. The molecule has 0 bridgehead atoms. The molecule has 0 aromatic heterocycles. The van der Waals surface area contributed by atoms with Crippen molar-refractivity contribution >= 4 is 5.91 Å². The third kappa shape index (κ3) is 2.16. The predicted molar refractivity (Wildman–Crippen MR) is 41.0 cm³/mol. The van der Waals surface area contributed by atoms with Crippen LogP contribution in [-0.4, -0.2) is 29.8 Å². The van der Waals surface area contributed by atoms with Gasteiger partial charge in [0.05, 0.1) is 0 Å². The molecule has 0 spiro atoms. The maximum atomic E-state index is 12.0. The monoisotopic (exact) mass is 177 g/mol. The first-order chi connectivity index (χ1) is 5.66. The Balaban J connectivity index is 2.46. The van der Waals surface area contributed by atoms with Crippen molar-refractivity contribution in [2.45, 2.75) is 38.7 Å². The second-order valence-electron chi connectivity index (χ2n) is 3.06. The van der Waals surface area contributed by atoms with Crippen molar-refractivity contribution in [3.05, 3.63) is 0 Å². The quantitative estimate of drug-likeness (QED) is 0.639. The molecule has 1 amide bonds. The fraction of sp³-hybridized carbons (Fsp3) is 0.875. The highest BCUT2D eigenvalue weighted by Crippen LogP contribution is 2.27. The molecular formula is C8H13F2NO. The van der Waals surface area contributed by atoms with E-state index in [9.17, 15) is 13.6 Å². The van der Waals surface area contributed by atoms with Gasteiger partial charge >= 0.3 is 6.43 Å². The van der Waals surface area contributed by atoms with Crippen molar-refractivity contribution in [2.75, 3.05) is 6.54 Å². The summed E-state index contributed by atoms with van der Waals surface area (Å²) in [5, 5.41) is 0. The van der Waals surface area contributed by atoms with E-state index < -0.39 is 12.3 Å². The summed E-state index contributed by atoms with van der Waals surface area (Å²) in [5.74, 6) is -1.00. The Hall–Kier alpha value is -0.670. The number of carbonyl (C=O) groups is 1. The molecule has 1 aliphatic carbocycles. The lowest BCUT2D eigenvalue weighted by Crippen LogP contribution is -2.37. The van der Waals surface area contributed by atoms with E-state index in [0.717, 1.165) is 19.3 Å². The third-order valence-corrected chi connectivity index (χ3v) is 1.92. The minimum Gasteiger partial charge on any atom is -0.335 e. The Morgan fingerprint density at radius 1 is 1.58 bits per heavy atom. The first kappa shape index (κ1) is 9.42. The van der Waals surface area contributed by atoms with Crippen molar-refractivity contribution in [2.24, 2.45) is 0 Å². The van der Waals surface area contributed by atoms with Crippen LogP contribution in [0.1, 0.15) is 26.2 Å². The first-order valence-electron chi connectivity index (χ1n) is 4.25. The van der Waals surface area contributed by atoms with Crippen LogP contribution in [0.5, 0.6) is 0 Å². The summed E-state index contributed by atoms with van der Waals surface area (Å²) >= 11 is 0. The van der Waals surface area contributed by atoms with Crippen LogP contribution in [0, 0.1) is 0 Å². The number of nitrogens with zero attached hydrogens (tertiary/aromatic N) is 1. The van der Waals surface area contributed by atoms with Crippen LogP contribution in [0.15, 0.2) is 0 Å². The largest absolute Gasteiger partial charge is 0.335 e. The van der Waals surface area contributed by atoms with Crippen molar-refractivity contribution < 1.29 is 13.6 Å². The molecule has 1 saturated carbocycles. The van der Waals surface area contributed by atoms with Crippen molar-refractivity contribution in [3.63, 3.8) is 0 Å². The van der Waals surface area contributed by atoms with Crippen LogP contribution < -0.4 is 0 Å². The molecule has 12 heavy (non-hydrogen) atoms. The Kier molecular flexibility index (Phi) is 3.00. The molecule has 0 unspecified atom stereocenters. The summed E-state index contributed by atoms with van der Waals surface area (Å²) in [6.45, 7) is 2.35. The molecule has 0 N–H and O–H groups in total. The molecule has 4 heteroatoms. The molecule has 2 nitrogen and oxygen atoms in total. The average Bonchev–Trinajstić information content (AvgIpc) is 2.81. The van der Waals surface area contributed by atoms with E-state index in [4.69, 9.17) is 0 Å². The van der Waals surface area contributed by atoms with Gasteiger partial charge in [0.2, 0.25) is 0 Å². The normalized spacial score (nSPS) is 16.7. The molecule has 0 radical (unpaired) electrons. The number of carbonyl (C=O) groups excluding carboxylic acids is 1. The topological polar surface area (TPSA) is 20.3 Å². The van der Waals surface area contributed by atoms with E-state index in [1.165, 1.54) is 4.90 Å². The summed E-state index contributed by atoms with van der Waals surface area (Å²) in [6.07, 6.45) is -0.316. The zero-order valence-electron chi connectivity index (χ0n) is 7.09. The van der Waals surface area contributed by atoms with Gasteiger partial charge in [0.25, 0.3) is 5.91 Å². The smallest absolute Gasteiger partial charge is 0.315 e. The molecule has 0 aromatic rings. The van der Waals surface area contributed by atoms with Gasteiger partial charge in [0, 0.05) is 12.6 Å². The number of amides is 1. The predicted octanol–water partition coefficient (Wildman–Crippen LogP) is 1.65. The molecule has 1 rings (SSSR count). The summed E-state index contributed by atoms with van der Waals surface area (Å²) < 4.78 is 24.0. The lowest BCUT2D eigenvalue weighted by Gasteiger charge is -2.20. The molecular weight excluding hydrogens is 164 g/mol. The standard InChI is InChI=1S/C8H13F2NO/c1-2-5-11(6-3-4-6)8(12)7(9)10/h6-7H,2-5H2,1H3. The second kappa shape index (κ2) is 3.83. The SMILES string of the molecule is CCCN(C(=O)C(F)F)C1CC1. The van der Waals surface area contributed by atoms with E-state index in [-0.39, 0.29) is 6.04 Å². The van der Waals surface area contributed by atoms with Gasteiger partial charge in [0.1, 0.15) is 0 Å². The molecule has 0 aromatic carbocycles. The minimum atomic E-state index is -2.84. The molecule has 70 valence electrons. The van der Waals surface area contributed by atoms with Crippen LogP contribution in [0.25, 0.3) is 0 Å². The van der Waals surface area contributed by atoms with Crippen LogP contribution in [0.4, 0.5) is 8.78 Å². The molecule has 0 aliphatic heterocycles. The molecule has 0 heterocycles. The summed E-state index contributed by atoms with van der Waals surface area (Å²) in [4.78, 5) is 12.2. The molecule has 1 aliphatic rings. The third-order valence-electron chi connectivity index (χ3n) is 1.92. The van der Waals surface area contributed by atoms with Gasteiger partial charge in [-0.2, -0.15) is 8.78 Å². The van der Waals surface area contributed by atoms with E-state index in [1.807, 2.05) is 6.92 Å². The minimum absolute atomic E-state index is 0.103. The van der Waals surface area contributed by atoms with Gasteiger partial charge < -0.3 is 4.90 Å². The summed E-state index contributed by atoms with van der Waals surface area (Å²) in [6, 6.07) is 0.103. The van der Waals surface area contributed by atoms with E-state index >= 15 is 0 Å². The van der Waals surface area contributed by atoms with Crippen molar-refractivity contribution in [1.29, 1.82) is 0 Å². The molecule has 0 saturated heterocycles. The zero-order chi connectivity index (χ0) is 9.14. The Labute approximate surface area is 70.5 Å².